The number of anilines is 1. The molecule has 0 aromatic heterocycles. The molecule has 1 aliphatic rings. The molecule has 1 unspecified atom stereocenters. The van der Waals surface area contributed by atoms with Gasteiger partial charge in [0.15, 0.2) is 0 Å². The van der Waals surface area contributed by atoms with Gasteiger partial charge in [-0.3, -0.25) is 14.5 Å². The number of hydrogen-bond donors (Lipinski definition) is 1. The first-order valence-electron chi connectivity index (χ1n) is 9.80. The van der Waals surface area contributed by atoms with Gasteiger partial charge >= 0.3 is 0 Å². The Morgan fingerprint density at radius 3 is 2.22 bits per heavy atom. The summed E-state index contributed by atoms with van der Waals surface area (Å²) in [5.74, 6) is -0.753. The number of nitrogens with zero attached hydrogens (tertiary/aromatic N) is 1. The van der Waals surface area contributed by atoms with Crippen molar-refractivity contribution in [3.63, 3.8) is 0 Å². The van der Waals surface area contributed by atoms with Crippen LogP contribution >= 0.6 is 11.6 Å². The molecule has 1 aliphatic heterocycles. The first kappa shape index (κ1) is 21.5. The summed E-state index contributed by atoms with van der Waals surface area (Å²) in [7, 11) is 3.04. The summed E-state index contributed by atoms with van der Waals surface area (Å²) in [6, 6.07) is 19.7. The van der Waals surface area contributed by atoms with Crippen LogP contribution in [-0.4, -0.2) is 31.0 Å². The van der Waals surface area contributed by atoms with Gasteiger partial charge in [0.2, 0.25) is 0 Å². The zero-order chi connectivity index (χ0) is 22.8. The zero-order valence-corrected chi connectivity index (χ0v) is 18.2. The number of carbonyl (C=O) groups excluding carboxylic acids is 2. The number of aliphatic hydroxyl groups excluding tert-OH is 1. The Bertz CT molecular complexity index is 1200. The first-order valence-corrected chi connectivity index (χ1v) is 10.2. The molecule has 1 fully saturated rings. The van der Waals surface area contributed by atoms with Crippen LogP contribution in [0.25, 0.3) is 5.76 Å². The smallest absolute Gasteiger partial charge is 0.300 e. The Labute approximate surface area is 190 Å². The third kappa shape index (κ3) is 3.69. The Balaban J connectivity index is 1.92. The molecular weight excluding hydrogens is 430 g/mol. The number of ketones is 1. The summed E-state index contributed by atoms with van der Waals surface area (Å²) in [5, 5.41) is 11.4. The lowest BCUT2D eigenvalue weighted by atomic mass is 9.95. The van der Waals surface area contributed by atoms with Crippen LogP contribution in [-0.2, 0) is 9.59 Å². The van der Waals surface area contributed by atoms with E-state index >= 15 is 0 Å². The van der Waals surface area contributed by atoms with Crippen molar-refractivity contribution in [2.45, 2.75) is 6.04 Å². The highest BCUT2D eigenvalue weighted by atomic mass is 35.5. The van der Waals surface area contributed by atoms with Crippen molar-refractivity contribution < 1.29 is 24.2 Å². The highest BCUT2D eigenvalue weighted by Gasteiger charge is 2.46. The highest BCUT2D eigenvalue weighted by molar-refractivity contribution is 6.51. The monoisotopic (exact) mass is 449 g/mol. The lowest BCUT2D eigenvalue weighted by Gasteiger charge is -2.25. The lowest BCUT2D eigenvalue weighted by Crippen LogP contribution is -2.29. The van der Waals surface area contributed by atoms with Crippen molar-refractivity contribution in [2.75, 3.05) is 19.1 Å². The number of methoxy groups -OCH3 is 2. The zero-order valence-electron chi connectivity index (χ0n) is 17.4. The van der Waals surface area contributed by atoms with E-state index in [9.17, 15) is 14.7 Å². The largest absolute Gasteiger partial charge is 0.507 e. The number of aliphatic hydroxyl groups is 1. The maximum atomic E-state index is 13.1. The van der Waals surface area contributed by atoms with E-state index in [-0.39, 0.29) is 16.4 Å². The Hall–Kier alpha value is -3.77. The predicted octanol–water partition coefficient (Wildman–Crippen LogP) is 4.98. The minimum atomic E-state index is -0.829. The van der Waals surface area contributed by atoms with E-state index in [4.69, 9.17) is 21.1 Å². The molecule has 7 heteroatoms. The second kappa shape index (κ2) is 8.77. The van der Waals surface area contributed by atoms with Crippen molar-refractivity contribution >= 4 is 34.7 Å². The molecule has 6 nitrogen and oxygen atoms in total. The van der Waals surface area contributed by atoms with Gasteiger partial charge in [0.05, 0.1) is 30.9 Å². The summed E-state index contributed by atoms with van der Waals surface area (Å²) in [4.78, 5) is 27.6. The van der Waals surface area contributed by atoms with Gasteiger partial charge in [-0.05, 0) is 48.0 Å². The van der Waals surface area contributed by atoms with Crippen LogP contribution in [0.1, 0.15) is 17.2 Å². The number of hydrogen-bond acceptors (Lipinski definition) is 5. The van der Waals surface area contributed by atoms with Crippen LogP contribution < -0.4 is 14.4 Å². The summed E-state index contributed by atoms with van der Waals surface area (Å²) < 4.78 is 10.4. The average molecular weight is 450 g/mol. The van der Waals surface area contributed by atoms with Gasteiger partial charge < -0.3 is 14.6 Å². The minimum absolute atomic E-state index is 0.0229. The second-order valence-corrected chi connectivity index (χ2v) is 7.53. The van der Waals surface area contributed by atoms with Gasteiger partial charge in [-0.2, -0.15) is 0 Å². The molecule has 3 aromatic carbocycles. The summed E-state index contributed by atoms with van der Waals surface area (Å²) in [6.45, 7) is 0. The standard InChI is InChI=1S/C25H20ClNO5/c1-31-18-11-8-15(9-12-18)22-21(23(28)16-10-13-20(32-2)19(26)14-16)24(29)25(30)27(22)17-6-4-3-5-7-17/h3-14,22,28H,1-2H3/b23-21-. The van der Waals surface area contributed by atoms with Crippen LogP contribution in [0.3, 0.4) is 0 Å². The summed E-state index contributed by atoms with van der Waals surface area (Å²) >= 11 is 6.22. The SMILES string of the molecule is COc1ccc(C2/C(=C(/O)c3ccc(OC)c(Cl)c3)C(=O)C(=O)N2c2ccccc2)cc1. The fourth-order valence-corrected chi connectivity index (χ4v) is 4.02. The first-order chi connectivity index (χ1) is 15.5. The van der Waals surface area contributed by atoms with Gasteiger partial charge in [0.25, 0.3) is 11.7 Å². The quantitative estimate of drug-likeness (QED) is 0.337. The van der Waals surface area contributed by atoms with Crippen molar-refractivity contribution in [3.05, 3.63) is 94.5 Å². The van der Waals surface area contributed by atoms with Crippen LogP contribution in [0.5, 0.6) is 11.5 Å². The number of amides is 1. The molecule has 0 bridgehead atoms. The fourth-order valence-electron chi connectivity index (χ4n) is 3.76. The lowest BCUT2D eigenvalue weighted by molar-refractivity contribution is -0.132. The molecule has 0 radical (unpaired) electrons. The van der Waals surface area contributed by atoms with E-state index < -0.39 is 17.7 Å². The topological polar surface area (TPSA) is 76.1 Å². The molecular formula is C25H20ClNO5. The normalized spacial score (nSPS) is 17.5. The van der Waals surface area contributed by atoms with Crippen molar-refractivity contribution in [3.8, 4) is 11.5 Å². The van der Waals surface area contributed by atoms with Crippen LogP contribution in [0.2, 0.25) is 5.02 Å². The van der Waals surface area contributed by atoms with Crippen molar-refractivity contribution in [2.24, 2.45) is 0 Å². The highest BCUT2D eigenvalue weighted by Crippen LogP contribution is 2.43. The minimum Gasteiger partial charge on any atom is -0.507 e. The number of benzene rings is 3. The number of carbonyl (C=O) groups is 2. The molecule has 1 amide bonds. The third-order valence-electron chi connectivity index (χ3n) is 5.34. The average Bonchev–Trinajstić information content (AvgIpc) is 3.09. The maximum absolute atomic E-state index is 13.1. The number of para-hydroxylation sites is 1. The Kier molecular flexibility index (Phi) is 5.88. The molecule has 4 rings (SSSR count). The van der Waals surface area contributed by atoms with E-state index in [1.165, 1.54) is 18.1 Å². The van der Waals surface area contributed by atoms with Crippen LogP contribution in [0.4, 0.5) is 5.69 Å². The molecule has 0 spiro atoms. The molecule has 0 aliphatic carbocycles. The molecule has 0 saturated carbocycles. The molecule has 3 aromatic rings. The van der Waals surface area contributed by atoms with Gasteiger partial charge in [0, 0.05) is 11.3 Å². The molecule has 1 atom stereocenters. The number of halogens is 1. The fraction of sp³-hybridized carbons (Fsp3) is 0.120. The maximum Gasteiger partial charge on any atom is 0.300 e. The van der Waals surface area contributed by atoms with Gasteiger partial charge in [-0.15, -0.1) is 0 Å². The van der Waals surface area contributed by atoms with E-state index in [2.05, 4.69) is 0 Å². The molecule has 32 heavy (non-hydrogen) atoms. The molecule has 1 saturated heterocycles. The van der Waals surface area contributed by atoms with E-state index in [1.54, 1.807) is 67.8 Å². The second-order valence-electron chi connectivity index (χ2n) is 7.13. The predicted molar refractivity (Wildman–Crippen MR) is 122 cm³/mol. The number of rotatable bonds is 5. The van der Waals surface area contributed by atoms with E-state index in [0.717, 1.165) is 0 Å². The van der Waals surface area contributed by atoms with Crippen LogP contribution in [0.15, 0.2) is 78.4 Å². The van der Waals surface area contributed by atoms with Gasteiger partial charge in [-0.25, -0.2) is 0 Å². The number of ether oxygens (including phenoxy) is 2. The molecule has 162 valence electrons. The van der Waals surface area contributed by atoms with Gasteiger partial charge in [-0.1, -0.05) is 41.9 Å². The van der Waals surface area contributed by atoms with E-state index in [1.807, 2.05) is 6.07 Å². The molecule has 1 heterocycles. The summed E-state index contributed by atoms with van der Waals surface area (Å²) in [6.07, 6.45) is 0. The third-order valence-corrected chi connectivity index (χ3v) is 5.63. The van der Waals surface area contributed by atoms with Crippen molar-refractivity contribution in [1.29, 1.82) is 0 Å². The Morgan fingerprint density at radius 2 is 1.62 bits per heavy atom. The molecule has 1 N–H and O–H groups in total. The Morgan fingerprint density at radius 1 is 0.938 bits per heavy atom. The van der Waals surface area contributed by atoms with E-state index in [0.29, 0.717) is 28.3 Å². The summed E-state index contributed by atoms with van der Waals surface area (Å²) in [5.41, 5.74) is 1.47. The van der Waals surface area contributed by atoms with Crippen molar-refractivity contribution in [1.82, 2.24) is 0 Å². The van der Waals surface area contributed by atoms with Gasteiger partial charge in [0.1, 0.15) is 17.3 Å². The number of Topliss-reactive ketones (excluding diaryl/α,β-unsaturated/α-hetero) is 1. The van der Waals surface area contributed by atoms with Crippen LogP contribution in [0, 0.1) is 0 Å².